The summed E-state index contributed by atoms with van der Waals surface area (Å²) in [7, 11) is 0. The van der Waals surface area contributed by atoms with Crippen LogP contribution in [0.25, 0.3) is 0 Å². The molecule has 0 aliphatic heterocycles. The van der Waals surface area contributed by atoms with Crippen molar-refractivity contribution in [3.05, 3.63) is 11.6 Å². The number of alkyl halides is 1. The summed E-state index contributed by atoms with van der Waals surface area (Å²) in [5, 5.41) is 22.0. The maximum absolute atomic E-state index is 16.8. The highest BCUT2D eigenvalue weighted by atomic mass is 19.1. The molecular formula is C21H31FO3. The van der Waals surface area contributed by atoms with E-state index in [0.29, 0.717) is 25.7 Å². The number of aliphatic hydroxyl groups is 2. The Labute approximate surface area is 149 Å². The van der Waals surface area contributed by atoms with Gasteiger partial charge in [0.15, 0.2) is 5.78 Å². The lowest BCUT2D eigenvalue weighted by Crippen LogP contribution is -2.68. The van der Waals surface area contributed by atoms with Gasteiger partial charge in [-0.15, -0.1) is 0 Å². The first-order valence-corrected chi connectivity index (χ1v) is 9.81. The molecule has 0 amide bonds. The number of carbonyl (C=O) groups excluding carboxylic acids is 1. The van der Waals surface area contributed by atoms with Crippen molar-refractivity contribution in [2.45, 2.75) is 83.6 Å². The summed E-state index contributed by atoms with van der Waals surface area (Å²) in [6, 6.07) is 0. The van der Waals surface area contributed by atoms with Crippen LogP contribution in [0.5, 0.6) is 0 Å². The minimum atomic E-state index is -1.71. The van der Waals surface area contributed by atoms with Gasteiger partial charge >= 0.3 is 0 Å². The molecule has 4 aliphatic carbocycles. The van der Waals surface area contributed by atoms with E-state index in [1.165, 1.54) is 0 Å². The fourth-order valence-electron chi connectivity index (χ4n) is 7.11. The molecule has 140 valence electrons. The van der Waals surface area contributed by atoms with Crippen LogP contribution in [0.3, 0.4) is 0 Å². The van der Waals surface area contributed by atoms with E-state index in [0.717, 1.165) is 18.4 Å². The number of carbonyl (C=O) groups is 1. The molecule has 4 rings (SSSR count). The SMILES string of the molecule is C[C@@H]1C[C@@]2(C)C(=CC1=O)CC[C@H]1[C@@H]3CC[C@](C)(O)[C@@]3(C)C[C@H](O)[C@@]12F. The van der Waals surface area contributed by atoms with E-state index in [9.17, 15) is 15.0 Å². The van der Waals surface area contributed by atoms with E-state index < -0.39 is 28.2 Å². The predicted molar refractivity (Wildman–Crippen MR) is 93.6 cm³/mol. The van der Waals surface area contributed by atoms with Crippen LogP contribution < -0.4 is 0 Å². The molecule has 3 saturated carbocycles. The van der Waals surface area contributed by atoms with E-state index in [1.54, 1.807) is 6.08 Å². The summed E-state index contributed by atoms with van der Waals surface area (Å²) in [5.41, 5.74) is -2.90. The van der Waals surface area contributed by atoms with Gasteiger partial charge in [-0.3, -0.25) is 4.79 Å². The van der Waals surface area contributed by atoms with E-state index >= 15 is 4.39 Å². The molecular weight excluding hydrogens is 319 g/mol. The number of hydrogen-bond donors (Lipinski definition) is 2. The van der Waals surface area contributed by atoms with Gasteiger partial charge in [0, 0.05) is 22.7 Å². The fourth-order valence-corrected chi connectivity index (χ4v) is 7.11. The highest BCUT2D eigenvalue weighted by Gasteiger charge is 2.72. The third kappa shape index (κ3) is 1.91. The Morgan fingerprint density at radius 1 is 1.16 bits per heavy atom. The second-order valence-corrected chi connectivity index (χ2v) is 9.98. The van der Waals surface area contributed by atoms with Crippen molar-refractivity contribution in [1.82, 2.24) is 0 Å². The number of halogens is 1. The molecule has 4 heteroatoms. The molecule has 0 spiro atoms. The van der Waals surface area contributed by atoms with Gasteiger partial charge in [0.2, 0.25) is 0 Å². The Morgan fingerprint density at radius 3 is 2.52 bits per heavy atom. The van der Waals surface area contributed by atoms with E-state index in [2.05, 4.69) is 0 Å². The second kappa shape index (κ2) is 4.95. The molecule has 0 aromatic rings. The Morgan fingerprint density at radius 2 is 1.84 bits per heavy atom. The van der Waals surface area contributed by atoms with Gasteiger partial charge in [-0.2, -0.15) is 0 Å². The average molecular weight is 350 g/mol. The zero-order chi connectivity index (χ0) is 18.4. The second-order valence-electron chi connectivity index (χ2n) is 9.98. The lowest BCUT2D eigenvalue weighted by atomic mass is 9.43. The Kier molecular flexibility index (Phi) is 3.50. The normalized spacial score (nSPS) is 58.2. The molecule has 3 fully saturated rings. The first kappa shape index (κ1) is 17.7. The molecule has 0 unspecified atom stereocenters. The molecule has 3 nitrogen and oxygen atoms in total. The lowest BCUT2D eigenvalue weighted by Gasteiger charge is -2.63. The van der Waals surface area contributed by atoms with Crippen LogP contribution in [0.15, 0.2) is 11.6 Å². The van der Waals surface area contributed by atoms with Crippen LogP contribution >= 0.6 is 0 Å². The summed E-state index contributed by atoms with van der Waals surface area (Å²) >= 11 is 0. The van der Waals surface area contributed by atoms with Gasteiger partial charge < -0.3 is 10.2 Å². The van der Waals surface area contributed by atoms with Crippen molar-refractivity contribution in [3.63, 3.8) is 0 Å². The van der Waals surface area contributed by atoms with Crippen molar-refractivity contribution >= 4 is 5.78 Å². The summed E-state index contributed by atoms with van der Waals surface area (Å²) in [6.07, 6.45) is 4.21. The third-order valence-electron chi connectivity index (χ3n) is 8.91. The van der Waals surface area contributed by atoms with Crippen LogP contribution in [-0.4, -0.2) is 33.4 Å². The summed E-state index contributed by atoms with van der Waals surface area (Å²) < 4.78 is 16.8. The minimum Gasteiger partial charge on any atom is -0.390 e. The maximum atomic E-state index is 16.8. The first-order valence-electron chi connectivity index (χ1n) is 9.81. The van der Waals surface area contributed by atoms with Gasteiger partial charge in [-0.25, -0.2) is 4.39 Å². The quantitative estimate of drug-likeness (QED) is 0.702. The number of rotatable bonds is 0. The Balaban J connectivity index is 1.83. The monoisotopic (exact) mass is 350 g/mol. The molecule has 0 aromatic heterocycles. The number of allylic oxidation sites excluding steroid dienone is 1. The lowest BCUT2D eigenvalue weighted by molar-refractivity contribution is -0.226. The van der Waals surface area contributed by atoms with Gasteiger partial charge in [0.05, 0.1) is 11.7 Å². The first-order chi connectivity index (χ1) is 11.5. The summed E-state index contributed by atoms with van der Waals surface area (Å²) in [4.78, 5) is 12.2. The minimum absolute atomic E-state index is 0.0854. The molecule has 0 aromatic carbocycles. The zero-order valence-corrected chi connectivity index (χ0v) is 15.8. The highest BCUT2D eigenvalue weighted by Crippen LogP contribution is 2.70. The molecule has 0 bridgehead atoms. The standard InChI is InChI=1S/C21H31FO3/c1-12-10-18(2)13(9-16(12)23)5-6-15-14-7-8-20(4,25)19(14,3)11-17(24)21(15,18)22/h9,12,14-15,17,24-25H,5-8,10-11H2,1-4H3/t12-,14+,15+,17+,18+,19+,20+,21+/m1/s1. The summed E-state index contributed by atoms with van der Waals surface area (Å²) in [6.45, 7) is 7.68. The molecule has 0 radical (unpaired) electrons. The van der Waals surface area contributed by atoms with E-state index in [-0.39, 0.29) is 23.5 Å². The van der Waals surface area contributed by atoms with E-state index in [1.807, 2.05) is 27.7 Å². The molecule has 8 atom stereocenters. The van der Waals surface area contributed by atoms with Crippen LogP contribution in [-0.2, 0) is 4.79 Å². The predicted octanol–water partition coefficient (Wildman–Crippen LogP) is 3.58. The summed E-state index contributed by atoms with van der Waals surface area (Å²) in [5.74, 6) is -0.277. The van der Waals surface area contributed by atoms with E-state index in [4.69, 9.17) is 0 Å². The van der Waals surface area contributed by atoms with Gasteiger partial charge in [0.1, 0.15) is 5.67 Å². The maximum Gasteiger partial charge on any atom is 0.158 e. The van der Waals surface area contributed by atoms with Gasteiger partial charge in [-0.1, -0.05) is 26.3 Å². The van der Waals surface area contributed by atoms with Gasteiger partial charge in [0.25, 0.3) is 0 Å². The largest absolute Gasteiger partial charge is 0.390 e. The number of aliphatic hydroxyl groups excluding tert-OH is 1. The van der Waals surface area contributed by atoms with Crippen LogP contribution in [0.2, 0.25) is 0 Å². The van der Waals surface area contributed by atoms with Crippen LogP contribution in [0, 0.1) is 28.6 Å². The molecule has 2 N–H and O–H groups in total. The highest BCUT2D eigenvalue weighted by molar-refractivity contribution is 5.93. The zero-order valence-electron chi connectivity index (χ0n) is 15.8. The number of hydrogen-bond acceptors (Lipinski definition) is 3. The van der Waals surface area contributed by atoms with Crippen molar-refractivity contribution in [2.24, 2.45) is 28.6 Å². The topological polar surface area (TPSA) is 57.5 Å². The van der Waals surface area contributed by atoms with Gasteiger partial charge in [-0.05, 0) is 57.4 Å². The van der Waals surface area contributed by atoms with Crippen molar-refractivity contribution in [1.29, 1.82) is 0 Å². The Hall–Kier alpha value is -0.740. The number of fused-ring (bicyclic) bond motifs is 5. The van der Waals surface area contributed by atoms with Crippen molar-refractivity contribution in [3.8, 4) is 0 Å². The molecule has 25 heavy (non-hydrogen) atoms. The molecule has 0 heterocycles. The number of ketones is 1. The van der Waals surface area contributed by atoms with Crippen molar-refractivity contribution < 1.29 is 19.4 Å². The average Bonchev–Trinajstić information content (AvgIpc) is 2.74. The molecule has 4 aliphatic rings. The smallest absolute Gasteiger partial charge is 0.158 e. The third-order valence-corrected chi connectivity index (χ3v) is 8.91. The molecule has 0 saturated heterocycles. The Bertz CT molecular complexity index is 656. The fraction of sp³-hybridized carbons (Fsp3) is 0.857. The van der Waals surface area contributed by atoms with Crippen molar-refractivity contribution in [2.75, 3.05) is 0 Å². The van der Waals surface area contributed by atoms with Crippen LogP contribution in [0.1, 0.15) is 66.2 Å². The van der Waals surface area contributed by atoms with Crippen LogP contribution in [0.4, 0.5) is 4.39 Å².